The molecule has 0 atom stereocenters. The molecule has 0 aromatic carbocycles. The number of hydrogen-bond donors (Lipinski definition) is 1. The van der Waals surface area contributed by atoms with Crippen molar-refractivity contribution in [2.75, 3.05) is 24.7 Å². The third-order valence-electron chi connectivity index (χ3n) is 1.20. The summed E-state index contributed by atoms with van der Waals surface area (Å²) in [5.74, 6) is 1.71. The number of thioether (sulfide) groups is 1. The molecule has 0 N–H and O–H groups in total. The Morgan fingerprint density at radius 2 is 2.31 bits per heavy atom. The maximum Gasteiger partial charge on any atom is 0.174 e. The zero-order valence-corrected chi connectivity index (χ0v) is 9.92. The lowest BCUT2D eigenvalue weighted by molar-refractivity contribution is 0.167. The largest absolute Gasteiger partial charge is 0.380 e. The summed E-state index contributed by atoms with van der Waals surface area (Å²) in [6, 6.07) is 0. The van der Waals surface area contributed by atoms with Crippen LogP contribution in [0.1, 0.15) is 5.01 Å². The summed E-state index contributed by atoms with van der Waals surface area (Å²) >= 11 is 7.35. The Bertz CT molecular complexity index is 241. The van der Waals surface area contributed by atoms with Crippen molar-refractivity contribution in [3.8, 4) is 0 Å². The molecule has 0 saturated carbocycles. The summed E-state index contributed by atoms with van der Waals surface area (Å²) in [6.07, 6.45) is 0. The van der Waals surface area contributed by atoms with Gasteiger partial charge in [0.2, 0.25) is 0 Å². The molecule has 0 aliphatic heterocycles. The number of ether oxygens (including phenoxy) is 1. The first-order chi connectivity index (χ1) is 6.33. The molecule has 0 aliphatic carbocycles. The average Bonchev–Trinajstić information content (AvgIpc) is 2.51. The molecule has 0 unspecified atom stereocenters. The van der Waals surface area contributed by atoms with Gasteiger partial charge < -0.3 is 4.74 Å². The number of aryl methyl sites for hydroxylation is 1. The topological polar surface area (TPSA) is 35.0 Å². The van der Waals surface area contributed by atoms with E-state index in [0.29, 0.717) is 0 Å². The highest BCUT2D eigenvalue weighted by Gasteiger charge is 1.99. The van der Waals surface area contributed by atoms with Crippen molar-refractivity contribution in [3.05, 3.63) is 5.01 Å². The molecule has 1 aromatic heterocycles. The number of hydrogen-bond acceptors (Lipinski definition) is 6. The van der Waals surface area contributed by atoms with Crippen LogP contribution in [0.5, 0.6) is 0 Å². The van der Waals surface area contributed by atoms with Gasteiger partial charge in [0, 0.05) is 11.5 Å². The molecule has 0 spiro atoms. The first-order valence-corrected chi connectivity index (χ1v) is 6.38. The van der Waals surface area contributed by atoms with Gasteiger partial charge in [-0.25, -0.2) is 0 Å². The number of nitrogens with zero attached hydrogens (tertiary/aromatic N) is 2. The number of aromatic nitrogens is 2. The van der Waals surface area contributed by atoms with Crippen molar-refractivity contribution in [2.24, 2.45) is 0 Å². The van der Waals surface area contributed by atoms with Crippen LogP contribution in [-0.2, 0) is 4.74 Å². The molecule has 0 fully saturated rings. The van der Waals surface area contributed by atoms with Crippen molar-refractivity contribution in [2.45, 2.75) is 11.3 Å². The van der Waals surface area contributed by atoms with Gasteiger partial charge in [-0.1, -0.05) is 23.1 Å². The fourth-order valence-corrected chi connectivity index (χ4v) is 2.56. The lowest BCUT2D eigenvalue weighted by Gasteiger charge is -1.98. The van der Waals surface area contributed by atoms with Gasteiger partial charge in [0.25, 0.3) is 0 Å². The van der Waals surface area contributed by atoms with Crippen LogP contribution in [0.15, 0.2) is 4.34 Å². The maximum absolute atomic E-state index is 5.27. The van der Waals surface area contributed by atoms with Gasteiger partial charge in [0.1, 0.15) is 5.01 Å². The summed E-state index contributed by atoms with van der Waals surface area (Å²) in [4.78, 5) is 0. The van der Waals surface area contributed by atoms with E-state index >= 15 is 0 Å². The smallest absolute Gasteiger partial charge is 0.174 e. The molecule has 0 radical (unpaired) electrons. The Morgan fingerprint density at radius 3 is 2.92 bits per heavy atom. The summed E-state index contributed by atoms with van der Waals surface area (Å²) in [5, 5.41) is 8.93. The fourth-order valence-electron chi connectivity index (χ4n) is 0.691. The maximum atomic E-state index is 5.27. The monoisotopic (exact) mass is 236 g/mol. The summed E-state index contributed by atoms with van der Waals surface area (Å²) < 4.78 is 6.29. The minimum atomic E-state index is 0.721. The van der Waals surface area contributed by atoms with Crippen molar-refractivity contribution >= 4 is 35.7 Å². The standard InChI is InChI=1S/C7H12N2OS3/c1-6-8-9-7(13-6)12-5-3-10-2-4-11/h11H,2-5H2,1H3. The predicted molar refractivity (Wildman–Crippen MR) is 60.0 cm³/mol. The van der Waals surface area contributed by atoms with E-state index in [9.17, 15) is 0 Å². The van der Waals surface area contributed by atoms with Gasteiger partial charge in [-0.2, -0.15) is 12.6 Å². The average molecular weight is 236 g/mol. The van der Waals surface area contributed by atoms with Crippen LogP contribution >= 0.6 is 35.7 Å². The highest BCUT2D eigenvalue weighted by atomic mass is 32.2. The van der Waals surface area contributed by atoms with Gasteiger partial charge in [-0.05, 0) is 6.92 Å². The molecule has 0 aliphatic rings. The number of rotatable bonds is 6. The van der Waals surface area contributed by atoms with E-state index in [2.05, 4.69) is 22.8 Å². The molecule has 1 aromatic rings. The summed E-state index contributed by atoms with van der Waals surface area (Å²) in [7, 11) is 0. The summed E-state index contributed by atoms with van der Waals surface area (Å²) in [5.41, 5.74) is 0. The van der Waals surface area contributed by atoms with Crippen LogP contribution in [0.25, 0.3) is 0 Å². The fraction of sp³-hybridized carbons (Fsp3) is 0.714. The van der Waals surface area contributed by atoms with Crippen molar-refractivity contribution in [1.29, 1.82) is 0 Å². The van der Waals surface area contributed by atoms with Crippen LogP contribution in [-0.4, -0.2) is 34.9 Å². The van der Waals surface area contributed by atoms with E-state index in [4.69, 9.17) is 4.74 Å². The second-order valence-corrected chi connectivity index (χ2v) is 5.24. The van der Waals surface area contributed by atoms with E-state index < -0.39 is 0 Å². The van der Waals surface area contributed by atoms with Gasteiger partial charge in [-0.15, -0.1) is 10.2 Å². The third-order valence-corrected chi connectivity index (χ3v) is 3.32. The van der Waals surface area contributed by atoms with Crippen molar-refractivity contribution in [3.63, 3.8) is 0 Å². The Labute approximate surface area is 91.7 Å². The molecule has 13 heavy (non-hydrogen) atoms. The zero-order valence-electron chi connectivity index (χ0n) is 7.39. The van der Waals surface area contributed by atoms with Crippen molar-refractivity contribution < 1.29 is 4.74 Å². The van der Waals surface area contributed by atoms with Gasteiger partial charge in [0.05, 0.1) is 13.2 Å². The van der Waals surface area contributed by atoms with Gasteiger partial charge in [0.15, 0.2) is 4.34 Å². The van der Waals surface area contributed by atoms with Crippen LogP contribution in [0.4, 0.5) is 0 Å². The molecule has 74 valence electrons. The molecule has 3 nitrogen and oxygen atoms in total. The lowest BCUT2D eigenvalue weighted by atomic mass is 10.8. The molecule has 0 bridgehead atoms. The highest BCUT2D eigenvalue weighted by molar-refractivity contribution is 8.01. The Morgan fingerprint density at radius 1 is 1.46 bits per heavy atom. The lowest BCUT2D eigenvalue weighted by Crippen LogP contribution is -1.99. The van der Waals surface area contributed by atoms with Crippen LogP contribution in [0, 0.1) is 6.92 Å². The summed E-state index contributed by atoms with van der Waals surface area (Å²) in [6.45, 7) is 3.43. The quantitative estimate of drug-likeness (QED) is 0.465. The first-order valence-electron chi connectivity index (χ1n) is 3.94. The van der Waals surface area contributed by atoms with E-state index in [1.165, 1.54) is 0 Å². The van der Waals surface area contributed by atoms with E-state index in [0.717, 1.165) is 34.1 Å². The minimum absolute atomic E-state index is 0.721. The molecular formula is C7H12N2OS3. The van der Waals surface area contributed by atoms with E-state index in [-0.39, 0.29) is 0 Å². The molecule has 1 heterocycles. The highest BCUT2D eigenvalue weighted by Crippen LogP contribution is 2.21. The SMILES string of the molecule is Cc1nnc(SCCOCCS)s1. The second kappa shape index (κ2) is 6.64. The van der Waals surface area contributed by atoms with E-state index in [1.807, 2.05) is 6.92 Å². The second-order valence-electron chi connectivity index (χ2n) is 2.27. The van der Waals surface area contributed by atoms with Crippen molar-refractivity contribution in [1.82, 2.24) is 10.2 Å². The van der Waals surface area contributed by atoms with Gasteiger partial charge >= 0.3 is 0 Å². The molecular weight excluding hydrogens is 224 g/mol. The van der Waals surface area contributed by atoms with Crippen LogP contribution < -0.4 is 0 Å². The van der Waals surface area contributed by atoms with Crippen LogP contribution in [0.3, 0.4) is 0 Å². The minimum Gasteiger partial charge on any atom is -0.380 e. The van der Waals surface area contributed by atoms with E-state index in [1.54, 1.807) is 23.1 Å². The Balaban J connectivity index is 2.06. The van der Waals surface area contributed by atoms with Crippen LogP contribution in [0.2, 0.25) is 0 Å². The van der Waals surface area contributed by atoms with Gasteiger partial charge in [-0.3, -0.25) is 0 Å². The Kier molecular flexibility index (Phi) is 5.77. The molecule has 0 amide bonds. The third kappa shape index (κ3) is 4.85. The molecule has 1 rings (SSSR count). The normalized spacial score (nSPS) is 10.6. The zero-order chi connectivity index (χ0) is 9.52. The number of thiol groups is 1. The molecule has 0 saturated heterocycles. The predicted octanol–water partition coefficient (Wildman–Crippen LogP) is 1.89. The molecule has 6 heteroatoms. The first kappa shape index (κ1) is 11.3. The Hall–Kier alpha value is 0.220.